The van der Waals surface area contributed by atoms with Crippen molar-refractivity contribution in [3.63, 3.8) is 0 Å². The van der Waals surface area contributed by atoms with Crippen LogP contribution < -0.4 is 4.74 Å². The third kappa shape index (κ3) is 2.53. The van der Waals surface area contributed by atoms with Crippen LogP contribution in [0.3, 0.4) is 0 Å². The van der Waals surface area contributed by atoms with Crippen LogP contribution in [0.15, 0.2) is 36.7 Å². The number of carbonyl (C=O) groups is 1. The number of hydrogen-bond acceptors (Lipinski definition) is 3. The van der Waals surface area contributed by atoms with Crippen molar-refractivity contribution >= 4 is 5.78 Å². The lowest BCUT2D eigenvalue weighted by Crippen LogP contribution is -2.01. The standard InChI is InChI=1S/C13H14N2O2/c1-3-17-12-6-4-5-10(7-12)13(16)11-8-14-15(2)9-11/h4-9H,3H2,1-2H3. The predicted molar refractivity (Wildman–Crippen MR) is 64.3 cm³/mol. The van der Waals surface area contributed by atoms with E-state index in [4.69, 9.17) is 4.74 Å². The second kappa shape index (κ2) is 4.82. The van der Waals surface area contributed by atoms with Gasteiger partial charge in [0.05, 0.1) is 18.4 Å². The van der Waals surface area contributed by atoms with Gasteiger partial charge >= 0.3 is 0 Å². The summed E-state index contributed by atoms with van der Waals surface area (Å²) in [7, 11) is 1.79. The summed E-state index contributed by atoms with van der Waals surface area (Å²) < 4.78 is 6.98. The predicted octanol–water partition coefficient (Wildman–Crippen LogP) is 2.05. The topological polar surface area (TPSA) is 44.1 Å². The maximum absolute atomic E-state index is 12.1. The molecule has 0 aliphatic heterocycles. The average Bonchev–Trinajstić information content (AvgIpc) is 2.76. The van der Waals surface area contributed by atoms with Gasteiger partial charge in [-0.3, -0.25) is 9.48 Å². The van der Waals surface area contributed by atoms with Gasteiger partial charge in [0.1, 0.15) is 5.75 Å². The number of carbonyl (C=O) groups excluding carboxylic acids is 1. The molecule has 88 valence electrons. The molecule has 0 aliphatic carbocycles. The molecule has 4 nitrogen and oxygen atoms in total. The number of ether oxygens (including phenoxy) is 1. The highest BCUT2D eigenvalue weighted by molar-refractivity contribution is 6.08. The minimum atomic E-state index is -0.0420. The van der Waals surface area contributed by atoms with E-state index < -0.39 is 0 Å². The molecule has 4 heteroatoms. The number of benzene rings is 1. The van der Waals surface area contributed by atoms with E-state index in [0.717, 1.165) is 0 Å². The van der Waals surface area contributed by atoms with Crippen LogP contribution in [0, 0.1) is 0 Å². The van der Waals surface area contributed by atoms with Crippen molar-refractivity contribution in [3.05, 3.63) is 47.8 Å². The molecular weight excluding hydrogens is 216 g/mol. The molecule has 0 amide bonds. The highest BCUT2D eigenvalue weighted by Crippen LogP contribution is 2.16. The zero-order valence-electron chi connectivity index (χ0n) is 9.88. The molecule has 0 N–H and O–H groups in total. The molecular formula is C13H14N2O2. The molecule has 17 heavy (non-hydrogen) atoms. The summed E-state index contributed by atoms with van der Waals surface area (Å²) in [5, 5.41) is 3.99. The van der Waals surface area contributed by atoms with Crippen LogP contribution in [0.25, 0.3) is 0 Å². The number of aromatic nitrogens is 2. The smallest absolute Gasteiger partial charge is 0.196 e. The normalized spacial score (nSPS) is 10.2. The quantitative estimate of drug-likeness (QED) is 0.755. The lowest BCUT2D eigenvalue weighted by molar-refractivity contribution is 0.103. The van der Waals surface area contributed by atoms with Gasteiger partial charge in [0.15, 0.2) is 5.78 Å². The molecule has 2 aromatic rings. The van der Waals surface area contributed by atoms with E-state index in [9.17, 15) is 4.79 Å². The average molecular weight is 230 g/mol. The van der Waals surface area contributed by atoms with Crippen molar-refractivity contribution in [2.75, 3.05) is 6.61 Å². The first-order valence-corrected chi connectivity index (χ1v) is 5.47. The second-order valence-electron chi connectivity index (χ2n) is 3.69. The van der Waals surface area contributed by atoms with Crippen LogP contribution in [-0.2, 0) is 7.05 Å². The summed E-state index contributed by atoms with van der Waals surface area (Å²) >= 11 is 0. The number of ketones is 1. The third-order valence-corrected chi connectivity index (χ3v) is 2.37. The van der Waals surface area contributed by atoms with Crippen LogP contribution in [0.2, 0.25) is 0 Å². The number of hydrogen-bond donors (Lipinski definition) is 0. The van der Waals surface area contributed by atoms with Gasteiger partial charge in [-0.05, 0) is 19.1 Å². The molecule has 0 aliphatic rings. The third-order valence-electron chi connectivity index (χ3n) is 2.37. The Morgan fingerprint density at radius 3 is 2.88 bits per heavy atom. The van der Waals surface area contributed by atoms with Crippen molar-refractivity contribution in [2.45, 2.75) is 6.92 Å². The summed E-state index contributed by atoms with van der Waals surface area (Å²) in [6.07, 6.45) is 3.27. The lowest BCUT2D eigenvalue weighted by atomic mass is 10.1. The highest BCUT2D eigenvalue weighted by atomic mass is 16.5. The van der Waals surface area contributed by atoms with Gasteiger partial charge in [-0.15, -0.1) is 0 Å². The minimum absolute atomic E-state index is 0.0420. The Hall–Kier alpha value is -2.10. The molecule has 0 saturated carbocycles. The second-order valence-corrected chi connectivity index (χ2v) is 3.69. The van der Waals surface area contributed by atoms with E-state index in [1.54, 1.807) is 36.3 Å². The van der Waals surface area contributed by atoms with Gasteiger partial charge in [-0.25, -0.2) is 0 Å². The van der Waals surface area contributed by atoms with Crippen LogP contribution in [-0.4, -0.2) is 22.2 Å². The molecule has 1 aromatic heterocycles. The first kappa shape index (κ1) is 11.4. The van der Waals surface area contributed by atoms with Gasteiger partial charge in [0.25, 0.3) is 0 Å². The fourth-order valence-corrected chi connectivity index (χ4v) is 1.60. The Morgan fingerprint density at radius 2 is 2.24 bits per heavy atom. The Morgan fingerprint density at radius 1 is 1.41 bits per heavy atom. The van der Waals surface area contributed by atoms with Crippen molar-refractivity contribution in [3.8, 4) is 5.75 Å². The Kier molecular flexibility index (Phi) is 3.23. The van der Waals surface area contributed by atoms with Gasteiger partial charge in [-0.1, -0.05) is 12.1 Å². The lowest BCUT2D eigenvalue weighted by Gasteiger charge is -2.04. The number of nitrogens with zero attached hydrogens (tertiary/aromatic N) is 2. The van der Waals surface area contributed by atoms with Gasteiger partial charge in [-0.2, -0.15) is 5.10 Å². The molecule has 0 atom stereocenters. The van der Waals surface area contributed by atoms with E-state index in [1.807, 2.05) is 19.1 Å². The number of rotatable bonds is 4. The molecule has 0 spiro atoms. The van der Waals surface area contributed by atoms with E-state index in [0.29, 0.717) is 23.5 Å². The van der Waals surface area contributed by atoms with E-state index in [1.165, 1.54) is 0 Å². The van der Waals surface area contributed by atoms with Crippen molar-refractivity contribution in [2.24, 2.45) is 7.05 Å². The Bertz CT molecular complexity index is 532. The van der Waals surface area contributed by atoms with Gasteiger partial charge < -0.3 is 4.74 Å². The van der Waals surface area contributed by atoms with Crippen molar-refractivity contribution < 1.29 is 9.53 Å². The highest BCUT2D eigenvalue weighted by Gasteiger charge is 2.11. The summed E-state index contributed by atoms with van der Waals surface area (Å²) in [4.78, 5) is 12.1. The summed E-state index contributed by atoms with van der Waals surface area (Å²) in [6, 6.07) is 7.18. The fraction of sp³-hybridized carbons (Fsp3) is 0.231. The fourth-order valence-electron chi connectivity index (χ4n) is 1.60. The summed E-state index contributed by atoms with van der Waals surface area (Å²) in [5.74, 6) is 0.668. The number of aryl methyl sites for hydroxylation is 1. The molecule has 2 rings (SSSR count). The summed E-state index contributed by atoms with van der Waals surface area (Å²) in [6.45, 7) is 2.50. The van der Waals surface area contributed by atoms with E-state index in [-0.39, 0.29) is 5.78 Å². The first-order valence-electron chi connectivity index (χ1n) is 5.47. The maximum Gasteiger partial charge on any atom is 0.196 e. The van der Waals surface area contributed by atoms with Crippen LogP contribution in [0.5, 0.6) is 5.75 Å². The Balaban J connectivity index is 2.27. The molecule has 1 aromatic carbocycles. The molecule has 1 heterocycles. The maximum atomic E-state index is 12.1. The van der Waals surface area contributed by atoms with Crippen molar-refractivity contribution in [1.29, 1.82) is 0 Å². The zero-order chi connectivity index (χ0) is 12.3. The van der Waals surface area contributed by atoms with Crippen LogP contribution >= 0.6 is 0 Å². The van der Waals surface area contributed by atoms with E-state index in [2.05, 4.69) is 5.10 Å². The monoisotopic (exact) mass is 230 g/mol. The van der Waals surface area contributed by atoms with Crippen molar-refractivity contribution in [1.82, 2.24) is 9.78 Å². The molecule has 0 bridgehead atoms. The molecule has 0 unspecified atom stereocenters. The zero-order valence-corrected chi connectivity index (χ0v) is 9.88. The van der Waals surface area contributed by atoms with Crippen LogP contribution in [0.1, 0.15) is 22.8 Å². The largest absolute Gasteiger partial charge is 0.494 e. The van der Waals surface area contributed by atoms with Gasteiger partial charge in [0, 0.05) is 18.8 Å². The minimum Gasteiger partial charge on any atom is -0.494 e. The SMILES string of the molecule is CCOc1cccc(C(=O)c2cnn(C)c2)c1. The van der Waals surface area contributed by atoms with Gasteiger partial charge in [0.2, 0.25) is 0 Å². The van der Waals surface area contributed by atoms with E-state index >= 15 is 0 Å². The molecule has 0 radical (unpaired) electrons. The first-order chi connectivity index (χ1) is 8.20. The summed E-state index contributed by atoms with van der Waals surface area (Å²) in [5.41, 5.74) is 1.20. The molecule has 0 saturated heterocycles. The van der Waals surface area contributed by atoms with Crippen LogP contribution in [0.4, 0.5) is 0 Å². The molecule has 0 fully saturated rings. The Labute approximate surface area is 99.8 Å².